The largest absolute Gasteiger partial charge is 0.345 e. The Balaban J connectivity index is 1.94. The molecule has 2 aromatic heterocycles. The van der Waals surface area contributed by atoms with Gasteiger partial charge in [-0.25, -0.2) is 9.89 Å². The van der Waals surface area contributed by atoms with E-state index in [-0.39, 0.29) is 11.2 Å². The van der Waals surface area contributed by atoms with Gasteiger partial charge in [0.2, 0.25) is 6.41 Å². The second-order valence-electron chi connectivity index (χ2n) is 4.68. The summed E-state index contributed by atoms with van der Waals surface area (Å²) < 4.78 is 1.49. The van der Waals surface area contributed by atoms with Crippen molar-refractivity contribution in [2.24, 2.45) is 0 Å². The highest BCUT2D eigenvalue weighted by atomic mass is 32.2. The summed E-state index contributed by atoms with van der Waals surface area (Å²) in [7, 11) is 0. The lowest BCUT2D eigenvalue weighted by Crippen LogP contribution is -2.31. The zero-order valence-corrected chi connectivity index (χ0v) is 12.6. The number of aromatic amines is 1. The number of carbonyl (C=O) groups is 1. The quantitative estimate of drug-likeness (QED) is 0.784. The average molecular weight is 318 g/mol. The van der Waals surface area contributed by atoms with Crippen molar-refractivity contribution in [3.8, 4) is 0 Å². The van der Waals surface area contributed by atoms with Crippen molar-refractivity contribution in [2.75, 3.05) is 0 Å². The molecule has 1 aliphatic heterocycles. The van der Waals surface area contributed by atoms with Gasteiger partial charge in [0, 0.05) is 24.6 Å². The van der Waals surface area contributed by atoms with Gasteiger partial charge in [0.05, 0.1) is 5.03 Å². The molecule has 0 aromatic carbocycles. The molecule has 0 bridgehead atoms. The van der Waals surface area contributed by atoms with E-state index in [9.17, 15) is 9.59 Å². The van der Waals surface area contributed by atoms with E-state index in [2.05, 4.69) is 20.5 Å². The molecule has 0 saturated carbocycles. The number of pyridine rings is 1. The molecule has 0 fully saturated rings. The molecule has 22 heavy (non-hydrogen) atoms. The summed E-state index contributed by atoms with van der Waals surface area (Å²) in [6.07, 6.45) is 5.57. The van der Waals surface area contributed by atoms with Crippen molar-refractivity contribution in [1.29, 1.82) is 0 Å². The molecule has 3 heterocycles. The SMILES string of the molecule is CC1=C(NC=O)SC(n2cn[nH]c2=O)N1Cc1cccnc1. The first-order chi connectivity index (χ1) is 10.7. The van der Waals surface area contributed by atoms with Crippen LogP contribution in [-0.2, 0) is 11.3 Å². The first kappa shape index (κ1) is 14.4. The molecular formula is C13H14N6O2S. The smallest absolute Gasteiger partial charge is 0.339 e. The van der Waals surface area contributed by atoms with Gasteiger partial charge in [-0.3, -0.25) is 14.3 Å². The third-order valence-corrected chi connectivity index (χ3v) is 4.67. The first-order valence-electron chi connectivity index (χ1n) is 6.55. The number of H-pyrrole nitrogens is 1. The fourth-order valence-corrected chi connectivity index (χ4v) is 3.49. The molecule has 1 aliphatic rings. The second-order valence-corrected chi connectivity index (χ2v) is 5.74. The molecule has 114 valence electrons. The predicted molar refractivity (Wildman–Crippen MR) is 81.2 cm³/mol. The highest BCUT2D eigenvalue weighted by Gasteiger charge is 2.32. The minimum Gasteiger partial charge on any atom is -0.339 e. The molecule has 0 aliphatic carbocycles. The molecule has 9 heteroatoms. The maximum absolute atomic E-state index is 11.9. The molecule has 3 rings (SSSR count). The van der Waals surface area contributed by atoms with Crippen LogP contribution in [0.15, 0.2) is 46.4 Å². The van der Waals surface area contributed by atoms with E-state index in [1.807, 2.05) is 24.0 Å². The minimum absolute atomic E-state index is 0.297. The summed E-state index contributed by atoms with van der Waals surface area (Å²) in [5.41, 5.74) is 1.29. The Kier molecular flexibility index (Phi) is 3.96. The van der Waals surface area contributed by atoms with Crippen molar-refractivity contribution in [2.45, 2.75) is 19.0 Å². The number of allylic oxidation sites excluding steroid dienone is 1. The predicted octanol–water partition coefficient (Wildman–Crippen LogP) is 0.606. The van der Waals surface area contributed by atoms with Crippen LogP contribution in [0.4, 0.5) is 0 Å². The van der Waals surface area contributed by atoms with E-state index in [1.165, 1.54) is 22.7 Å². The van der Waals surface area contributed by atoms with Gasteiger partial charge in [0.15, 0.2) is 5.50 Å². The number of hydrogen-bond donors (Lipinski definition) is 2. The molecule has 0 radical (unpaired) electrons. The van der Waals surface area contributed by atoms with Crippen molar-refractivity contribution >= 4 is 18.2 Å². The molecule has 1 amide bonds. The Hall–Kier alpha value is -2.55. The van der Waals surface area contributed by atoms with Gasteiger partial charge in [-0.05, 0) is 18.6 Å². The highest BCUT2D eigenvalue weighted by Crippen LogP contribution is 2.43. The number of nitrogens with one attached hydrogen (secondary N) is 2. The molecule has 2 N–H and O–H groups in total. The van der Waals surface area contributed by atoms with Crippen LogP contribution in [0.3, 0.4) is 0 Å². The normalized spacial score (nSPS) is 17.9. The van der Waals surface area contributed by atoms with E-state index >= 15 is 0 Å². The van der Waals surface area contributed by atoms with E-state index in [0.717, 1.165) is 16.3 Å². The summed E-state index contributed by atoms with van der Waals surface area (Å²) in [4.78, 5) is 28.7. The lowest BCUT2D eigenvalue weighted by molar-refractivity contribution is -0.108. The maximum atomic E-state index is 11.9. The Morgan fingerprint density at radius 2 is 2.41 bits per heavy atom. The van der Waals surface area contributed by atoms with Gasteiger partial charge in [-0.1, -0.05) is 17.8 Å². The Bertz CT molecular complexity index is 753. The zero-order chi connectivity index (χ0) is 15.5. The topological polar surface area (TPSA) is 95.9 Å². The van der Waals surface area contributed by atoms with Crippen LogP contribution in [0.1, 0.15) is 18.0 Å². The van der Waals surface area contributed by atoms with Gasteiger partial charge in [0.1, 0.15) is 6.33 Å². The number of hydrogen-bond acceptors (Lipinski definition) is 6. The number of aromatic nitrogens is 4. The van der Waals surface area contributed by atoms with Crippen LogP contribution in [0.5, 0.6) is 0 Å². The fourth-order valence-electron chi connectivity index (χ4n) is 2.25. The molecule has 2 aromatic rings. The maximum Gasteiger partial charge on any atom is 0.345 e. The Morgan fingerprint density at radius 1 is 1.55 bits per heavy atom. The number of carbonyl (C=O) groups excluding carboxylic acids is 1. The van der Waals surface area contributed by atoms with Crippen LogP contribution < -0.4 is 11.0 Å². The van der Waals surface area contributed by atoms with E-state index in [1.54, 1.807) is 12.4 Å². The lowest BCUT2D eigenvalue weighted by Gasteiger charge is -2.27. The zero-order valence-electron chi connectivity index (χ0n) is 11.8. The lowest BCUT2D eigenvalue weighted by atomic mass is 10.2. The van der Waals surface area contributed by atoms with Crippen molar-refractivity contribution < 1.29 is 4.79 Å². The summed E-state index contributed by atoms with van der Waals surface area (Å²) in [5, 5.41) is 9.56. The van der Waals surface area contributed by atoms with E-state index in [4.69, 9.17) is 0 Å². The van der Waals surface area contributed by atoms with Crippen molar-refractivity contribution in [3.05, 3.63) is 57.6 Å². The highest BCUT2D eigenvalue weighted by molar-refractivity contribution is 8.03. The molecule has 8 nitrogen and oxygen atoms in total. The van der Waals surface area contributed by atoms with Crippen LogP contribution >= 0.6 is 11.8 Å². The second kappa shape index (κ2) is 6.06. The van der Waals surface area contributed by atoms with Gasteiger partial charge in [-0.2, -0.15) is 5.10 Å². The third-order valence-electron chi connectivity index (χ3n) is 3.33. The van der Waals surface area contributed by atoms with E-state index < -0.39 is 0 Å². The molecule has 0 spiro atoms. The number of rotatable bonds is 5. The van der Waals surface area contributed by atoms with Crippen LogP contribution in [0.2, 0.25) is 0 Å². The molecule has 1 atom stereocenters. The fraction of sp³-hybridized carbons (Fsp3) is 0.231. The Morgan fingerprint density at radius 3 is 3.05 bits per heavy atom. The van der Waals surface area contributed by atoms with Crippen LogP contribution in [-0.4, -0.2) is 31.1 Å². The monoisotopic (exact) mass is 318 g/mol. The number of amides is 1. The van der Waals surface area contributed by atoms with Gasteiger partial charge in [-0.15, -0.1) is 0 Å². The average Bonchev–Trinajstić information content (AvgIpc) is 3.07. The van der Waals surface area contributed by atoms with Crippen LogP contribution in [0, 0.1) is 0 Å². The molecule has 0 saturated heterocycles. The van der Waals surface area contributed by atoms with Crippen LogP contribution in [0.25, 0.3) is 0 Å². The summed E-state index contributed by atoms with van der Waals surface area (Å²) >= 11 is 1.39. The third kappa shape index (κ3) is 2.62. The van der Waals surface area contributed by atoms with Crippen molar-refractivity contribution in [1.82, 2.24) is 30.0 Å². The summed E-state index contributed by atoms with van der Waals surface area (Å²) in [6.45, 7) is 2.47. The van der Waals surface area contributed by atoms with Crippen molar-refractivity contribution in [3.63, 3.8) is 0 Å². The minimum atomic E-state index is -0.311. The summed E-state index contributed by atoms with van der Waals surface area (Å²) in [6, 6.07) is 3.83. The van der Waals surface area contributed by atoms with Gasteiger partial charge >= 0.3 is 5.69 Å². The Labute approximate surface area is 130 Å². The van der Waals surface area contributed by atoms with E-state index in [0.29, 0.717) is 13.0 Å². The molecule has 1 unspecified atom stereocenters. The number of thioether (sulfide) groups is 1. The summed E-state index contributed by atoms with van der Waals surface area (Å²) in [5.74, 6) is 0. The van der Waals surface area contributed by atoms with Gasteiger partial charge in [0.25, 0.3) is 0 Å². The standard InChI is InChI=1S/C13H14N6O2S/c1-9-11(15-8-20)22-13(19-7-16-17-12(19)21)18(9)6-10-3-2-4-14-5-10/h2-5,7-8,13H,6H2,1H3,(H,15,20)(H,17,21). The molecular weight excluding hydrogens is 304 g/mol. The first-order valence-corrected chi connectivity index (χ1v) is 7.43. The van der Waals surface area contributed by atoms with Gasteiger partial charge < -0.3 is 10.2 Å². The number of nitrogens with zero attached hydrogens (tertiary/aromatic N) is 4.